The topological polar surface area (TPSA) is 183 Å². The van der Waals surface area contributed by atoms with E-state index in [1.165, 1.54) is 0 Å². The summed E-state index contributed by atoms with van der Waals surface area (Å²) in [4.78, 5) is 37.2. The Bertz CT molecular complexity index is 1070. The summed E-state index contributed by atoms with van der Waals surface area (Å²) in [6.45, 7) is -0.0839. The molecule has 13 nitrogen and oxygen atoms in total. The van der Waals surface area contributed by atoms with Gasteiger partial charge in [-0.1, -0.05) is 23.2 Å². The molecule has 2 heterocycles. The minimum atomic E-state index is -4.27. The van der Waals surface area contributed by atoms with Crippen molar-refractivity contribution in [1.82, 2.24) is 9.55 Å². The summed E-state index contributed by atoms with van der Waals surface area (Å²) in [5, 5.41) is 17.3. The summed E-state index contributed by atoms with van der Waals surface area (Å²) in [5.74, 6) is -0.785. The second kappa shape index (κ2) is 11.8. The molecule has 0 unspecified atom stereocenters. The molecule has 1 saturated heterocycles. The average molecular weight is 525 g/mol. The van der Waals surface area contributed by atoms with E-state index < -0.39 is 54.4 Å². The van der Waals surface area contributed by atoms with Crippen LogP contribution in [0.1, 0.15) is 26.0 Å². The molecule has 0 bridgehead atoms. The predicted octanol–water partition coefficient (Wildman–Crippen LogP) is 1.52. The molecule has 0 aliphatic carbocycles. The molecule has 0 radical (unpaired) electrons. The van der Waals surface area contributed by atoms with Crippen molar-refractivity contribution in [2.75, 3.05) is 19.8 Å². The number of alkyl halides is 2. The van der Waals surface area contributed by atoms with Gasteiger partial charge in [0.1, 0.15) is 6.10 Å². The number of esters is 1. The number of carbonyl (C=O) groups excluding carboxylic acids is 1. The van der Waals surface area contributed by atoms with Crippen LogP contribution in [0.15, 0.2) is 21.9 Å². The number of nitriles is 2. The Hall–Kier alpha value is -2.22. The van der Waals surface area contributed by atoms with Gasteiger partial charge in [-0.2, -0.15) is 10.5 Å². The van der Waals surface area contributed by atoms with Gasteiger partial charge in [0.2, 0.25) is 4.33 Å². The molecule has 16 heteroatoms. The summed E-state index contributed by atoms with van der Waals surface area (Å²) < 4.78 is 37.9. The van der Waals surface area contributed by atoms with Gasteiger partial charge in [-0.05, 0) is 0 Å². The molecule has 2 rings (SSSR count). The van der Waals surface area contributed by atoms with Crippen molar-refractivity contribution < 1.29 is 32.4 Å². The number of H-pyrrole nitrogens is 1. The first-order valence-corrected chi connectivity index (χ1v) is 11.5. The van der Waals surface area contributed by atoms with E-state index in [1.807, 2.05) is 4.98 Å². The smallest absolute Gasteiger partial charge is 0.456 e. The third-order valence-electron chi connectivity index (χ3n) is 4.07. The van der Waals surface area contributed by atoms with Crippen LogP contribution in [-0.4, -0.2) is 51.9 Å². The summed E-state index contributed by atoms with van der Waals surface area (Å²) in [5.41, 5.74) is -1.57. The maximum Gasteiger partial charge on any atom is 0.474 e. The summed E-state index contributed by atoms with van der Waals surface area (Å²) in [6, 6.07) is 4.61. The van der Waals surface area contributed by atoms with Crippen molar-refractivity contribution in [2.45, 2.75) is 42.5 Å². The highest BCUT2D eigenvalue weighted by Crippen LogP contribution is 2.52. The molecule has 1 aliphatic heterocycles. The number of rotatable bonds is 11. The Labute approximate surface area is 197 Å². The maximum atomic E-state index is 12.8. The molecule has 1 fully saturated rings. The monoisotopic (exact) mass is 524 g/mol. The highest BCUT2D eigenvalue weighted by Gasteiger charge is 2.59. The molecule has 0 saturated carbocycles. The standard InChI is InChI=1S/C17H19Cl2N4O9P/c1-11(24)31-14-12(10-30-33(27,28-8-2-5-20)29-9-3-6-21)32-15(17(14,18)19)23-7-4-13(25)22-16(23)26/h4,7,12,14-15H,2-3,8-10H2,1H3,(H,22,25,26)/t12-,14-,15-/m1/s1. The van der Waals surface area contributed by atoms with Crippen LogP contribution in [0.3, 0.4) is 0 Å². The van der Waals surface area contributed by atoms with E-state index in [2.05, 4.69) is 0 Å². The van der Waals surface area contributed by atoms with Gasteiger partial charge >= 0.3 is 19.5 Å². The quantitative estimate of drug-likeness (QED) is 0.191. The molecule has 0 spiro atoms. The summed E-state index contributed by atoms with van der Waals surface area (Å²) in [7, 11) is -4.27. The van der Waals surface area contributed by atoms with Gasteiger partial charge in [-0.15, -0.1) is 0 Å². The molecule has 33 heavy (non-hydrogen) atoms. The minimum Gasteiger partial charge on any atom is -0.456 e. The number of phosphoric ester groups is 1. The van der Waals surface area contributed by atoms with Crippen LogP contribution >= 0.6 is 31.0 Å². The predicted molar refractivity (Wildman–Crippen MR) is 111 cm³/mol. The van der Waals surface area contributed by atoms with E-state index >= 15 is 0 Å². The van der Waals surface area contributed by atoms with Crippen LogP contribution in [0.2, 0.25) is 0 Å². The number of phosphoric acid groups is 1. The zero-order valence-electron chi connectivity index (χ0n) is 17.1. The van der Waals surface area contributed by atoms with Crippen LogP contribution in [0.25, 0.3) is 0 Å². The van der Waals surface area contributed by atoms with Crippen molar-refractivity contribution in [3.05, 3.63) is 33.1 Å². The van der Waals surface area contributed by atoms with Crippen LogP contribution < -0.4 is 11.2 Å². The van der Waals surface area contributed by atoms with Crippen molar-refractivity contribution >= 4 is 37.0 Å². The lowest BCUT2D eigenvalue weighted by Crippen LogP contribution is -2.43. The van der Waals surface area contributed by atoms with E-state index in [-0.39, 0.29) is 26.1 Å². The molecule has 3 atom stereocenters. The van der Waals surface area contributed by atoms with Gasteiger partial charge in [-0.25, -0.2) is 9.36 Å². The molecule has 0 amide bonds. The first kappa shape index (κ1) is 27.0. The first-order chi connectivity index (χ1) is 15.5. The number of hydrogen-bond acceptors (Lipinski definition) is 11. The fraction of sp³-hybridized carbons (Fsp3) is 0.588. The Morgan fingerprint density at radius 2 is 1.85 bits per heavy atom. The molecule has 1 N–H and O–H groups in total. The number of nitrogens with one attached hydrogen (secondary N) is 1. The van der Waals surface area contributed by atoms with Gasteiger partial charge in [0.05, 0.1) is 44.8 Å². The lowest BCUT2D eigenvalue weighted by molar-refractivity contribution is -0.150. The second-order valence-electron chi connectivity index (χ2n) is 6.47. The molecule has 180 valence electrons. The normalized spacial score (nSPS) is 21.8. The SMILES string of the molecule is CC(=O)O[C@@H]1[C@@H](COP(=O)(OCCC#N)OCCC#N)O[C@@H](n2ccc(=O)[nH]c2=O)C1(Cl)Cl. The number of carbonyl (C=O) groups is 1. The average Bonchev–Trinajstić information content (AvgIpc) is 2.97. The van der Waals surface area contributed by atoms with Crippen LogP contribution in [0, 0.1) is 22.7 Å². The van der Waals surface area contributed by atoms with Gasteiger partial charge in [-0.3, -0.25) is 32.7 Å². The maximum absolute atomic E-state index is 12.8. The van der Waals surface area contributed by atoms with E-state index in [1.54, 1.807) is 12.1 Å². The Balaban J connectivity index is 2.27. The summed E-state index contributed by atoms with van der Waals surface area (Å²) in [6.07, 6.45) is -3.26. The number of ether oxygens (including phenoxy) is 2. The molecule has 0 aromatic carbocycles. The highest BCUT2D eigenvalue weighted by molar-refractivity contribution is 7.48. The number of nitrogens with zero attached hydrogens (tertiary/aromatic N) is 3. The molecular formula is C17H19Cl2N4O9P. The zero-order chi connectivity index (χ0) is 24.6. The fourth-order valence-corrected chi connectivity index (χ4v) is 4.59. The van der Waals surface area contributed by atoms with Crippen molar-refractivity contribution in [3.8, 4) is 12.1 Å². The number of aromatic nitrogens is 2. The lowest BCUT2D eigenvalue weighted by Gasteiger charge is -2.27. The Morgan fingerprint density at radius 1 is 1.24 bits per heavy atom. The van der Waals surface area contributed by atoms with Crippen LogP contribution in [0.5, 0.6) is 0 Å². The molecule has 1 aromatic rings. The summed E-state index contributed by atoms with van der Waals surface area (Å²) >= 11 is 12.8. The van der Waals surface area contributed by atoms with Gasteiger partial charge in [0.15, 0.2) is 12.3 Å². The third kappa shape index (κ3) is 7.13. The van der Waals surface area contributed by atoms with E-state index in [9.17, 15) is 18.9 Å². The highest BCUT2D eigenvalue weighted by atomic mass is 35.5. The second-order valence-corrected chi connectivity index (χ2v) is 9.59. The molecular weight excluding hydrogens is 506 g/mol. The van der Waals surface area contributed by atoms with E-state index in [0.29, 0.717) is 0 Å². The fourth-order valence-electron chi connectivity index (χ4n) is 2.72. The number of aromatic amines is 1. The minimum absolute atomic E-state index is 0.116. The molecule has 1 aliphatic rings. The Morgan fingerprint density at radius 3 is 2.36 bits per heavy atom. The van der Waals surface area contributed by atoms with Crippen LogP contribution in [-0.2, 0) is 32.4 Å². The van der Waals surface area contributed by atoms with E-state index in [0.717, 1.165) is 23.8 Å². The number of hydrogen-bond donors (Lipinski definition) is 1. The van der Waals surface area contributed by atoms with E-state index in [4.69, 9.17) is 56.8 Å². The van der Waals surface area contributed by atoms with Gasteiger partial charge in [0.25, 0.3) is 5.56 Å². The van der Waals surface area contributed by atoms with Gasteiger partial charge < -0.3 is 9.47 Å². The number of halogens is 2. The largest absolute Gasteiger partial charge is 0.474 e. The van der Waals surface area contributed by atoms with Crippen LogP contribution in [0.4, 0.5) is 0 Å². The first-order valence-electron chi connectivity index (χ1n) is 9.33. The third-order valence-corrected chi connectivity index (χ3v) is 6.34. The Kier molecular flexibility index (Phi) is 9.64. The molecule has 1 aromatic heterocycles. The van der Waals surface area contributed by atoms with Crippen molar-refractivity contribution in [3.63, 3.8) is 0 Å². The lowest BCUT2D eigenvalue weighted by atomic mass is 10.1. The van der Waals surface area contributed by atoms with Gasteiger partial charge in [0, 0.05) is 19.2 Å². The van der Waals surface area contributed by atoms with Crippen molar-refractivity contribution in [2.24, 2.45) is 0 Å². The zero-order valence-corrected chi connectivity index (χ0v) is 19.5. The van der Waals surface area contributed by atoms with Crippen molar-refractivity contribution in [1.29, 1.82) is 10.5 Å².